The lowest BCUT2D eigenvalue weighted by atomic mass is 10.1. The van der Waals surface area contributed by atoms with Crippen molar-refractivity contribution in [2.75, 3.05) is 5.32 Å². The number of H-pyrrole nitrogens is 1. The molecular formula is C16H16N4O. The highest BCUT2D eigenvalue weighted by molar-refractivity contribution is 5.92. The lowest BCUT2D eigenvalue weighted by molar-refractivity contribution is 0.249. The minimum atomic E-state index is -0.231. The number of hydrogen-bond donors (Lipinski definition) is 3. The van der Waals surface area contributed by atoms with Crippen LogP contribution in [0.25, 0.3) is 11.0 Å². The summed E-state index contributed by atoms with van der Waals surface area (Å²) in [4.78, 5) is 19.2. The van der Waals surface area contributed by atoms with Crippen LogP contribution in [0.5, 0.6) is 0 Å². The molecule has 1 heterocycles. The monoisotopic (exact) mass is 280 g/mol. The first-order valence-corrected chi connectivity index (χ1v) is 6.78. The second kappa shape index (κ2) is 5.66. The molecule has 0 bridgehead atoms. The largest absolute Gasteiger partial charge is 0.345 e. The fourth-order valence-corrected chi connectivity index (χ4v) is 2.20. The summed E-state index contributed by atoms with van der Waals surface area (Å²) < 4.78 is 0. The van der Waals surface area contributed by atoms with Crippen LogP contribution in [0.3, 0.4) is 0 Å². The van der Waals surface area contributed by atoms with Crippen LogP contribution < -0.4 is 10.6 Å². The normalized spacial score (nSPS) is 12.0. The van der Waals surface area contributed by atoms with E-state index >= 15 is 0 Å². The number of aromatic amines is 1. The van der Waals surface area contributed by atoms with Gasteiger partial charge in [0.25, 0.3) is 0 Å². The molecule has 0 spiro atoms. The molecule has 3 N–H and O–H groups in total. The van der Waals surface area contributed by atoms with Gasteiger partial charge in [-0.1, -0.05) is 30.3 Å². The summed E-state index contributed by atoms with van der Waals surface area (Å²) >= 11 is 0. The molecule has 0 aliphatic heterocycles. The third-order valence-electron chi connectivity index (χ3n) is 3.33. The minimum absolute atomic E-state index is 0.0536. The Morgan fingerprint density at radius 3 is 2.81 bits per heavy atom. The molecule has 2 amide bonds. The van der Waals surface area contributed by atoms with Crippen LogP contribution in [0.1, 0.15) is 18.5 Å². The summed E-state index contributed by atoms with van der Waals surface area (Å²) in [5.41, 5.74) is 3.56. The quantitative estimate of drug-likeness (QED) is 0.687. The summed E-state index contributed by atoms with van der Waals surface area (Å²) in [6.07, 6.45) is 1.63. The number of hydrogen-bond acceptors (Lipinski definition) is 2. The number of carbonyl (C=O) groups is 1. The number of carbonyl (C=O) groups excluding carboxylic acids is 1. The number of amides is 2. The Kier molecular flexibility index (Phi) is 3.55. The van der Waals surface area contributed by atoms with Crippen LogP contribution in [-0.2, 0) is 0 Å². The number of nitrogens with zero attached hydrogens (tertiary/aromatic N) is 1. The maximum atomic E-state index is 12.0. The van der Waals surface area contributed by atoms with Gasteiger partial charge in [0.15, 0.2) is 0 Å². The lowest BCUT2D eigenvalue weighted by Gasteiger charge is -2.15. The van der Waals surface area contributed by atoms with Crippen molar-refractivity contribution in [1.82, 2.24) is 15.3 Å². The molecule has 5 nitrogen and oxygen atoms in total. The Bertz CT molecular complexity index is 751. The van der Waals surface area contributed by atoms with E-state index in [4.69, 9.17) is 0 Å². The fraction of sp³-hybridized carbons (Fsp3) is 0.125. The number of nitrogens with one attached hydrogen (secondary N) is 3. The third kappa shape index (κ3) is 3.02. The molecular weight excluding hydrogens is 264 g/mol. The van der Waals surface area contributed by atoms with Gasteiger partial charge >= 0.3 is 6.03 Å². The number of urea groups is 1. The molecule has 0 radical (unpaired) electrons. The molecule has 1 atom stereocenters. The van der Waals surface area contributed by atoms with E-state index in [1.165, 1.54) is 0 Å². The Labute approximate surface area is 122 Å². The van der Waals surface area contributed by atoms with Gasteiger partial charge in [0, 0.05) is 5.69 Å². The van der Waals surface area contributed by atoms with Gasteiger partial charge in [-0.25, -0.2) is 9.78 Å². The van der Waals surface area contributed by atoms with Crippen LogP contribution in [0.15, 0.2) is 54.9 Å². The first kappa shape index (κ1) is 13.2. The number of anilines is 1. The van der Waals surface area contributed by atoms with E-state index in [0.717, 1.165) is 22.3 Å². The smallest absolute Gasteiger partial charge is 0.319 e. The van der Waals surface area contributed by atoms with Gasteiger partial charge in [-0.05, 0) is 30.7 Å². The highest BCUT2D eigenvalue weighted by atomic mass is 16.2. The van der Waals surface area contributed by atoms with E-state index in [1.807, 2.05) is 55.5 Å². The maximum absolute atomic E-state index is 12.0. The number of aromatic nitrogens is 2. The molecule has 3 rings (SSSR count). The topological polar surface area (TPSA) is 69.8 Å². The second-order valence-corrected chi connectivity index (χ2v) is 4.87. The van der Waals surface area contributed by atoms with E-state index in [-0.39, 0.29) is 12.1 Å². The lowest BCUT2D eigenvalue weighted by Crippen LogP contribution is -2.31. The molecule has 1 aromatic heterocycles. The second-order valence-electron chi connectivity index (χ2n) is 4.87. The molecule has 2 aromatic carbocycles. The Balaban J connectivity index is 1.66. The summed E-state index contributed by atoms with van der Waals surface area (Å²) in [5, 5.41) is 5.74. The third-order valence-corrected chi connectivity index (χ3v) is 3.33. The predicted octanol–water partition coefficient (Wildman–Crippen LogP) is 3.45. The van der Waals surface area contributed by atoms with Crippen molar-refractivity contribution in [2.24, 2.45) is 0 Å². The first-order chi connectivity index (χ1) is 10.2. The van der Waals surface area contributed by atoms with Crippen molar-refractivity contribution in [3.8, 4) is 0 Å². The van der Waals surface area contributed by atoms with Crippen LogP contribution in [0.2, 0.25) is 0 Å². The number of benzene rings is 2. The Hall–Kier alpha value is -2.82. The number of imidazole rings is 1. The van der Waals surface area contributed by atoms with Crippen molar-refractivity contribution in [3.05, 3.63) is 60.4 Å². The average molecular weight is 280 g/mol. The molecule has 0 aliphatic carbocycles. The van der Waals surface area contributed by atoms with Gasteiger partial charge in [0.05, 0.1) is 23.4 Å². The van der Waals surface area contributed by atoms with Crippen molar-refractivity contribution >= 4 is 22.8 Å². The molecule has 1 unspecified atom stereocenters. The summed E-state index contributed by atoms with van der Waals surface area (Å²) in [6, 6.07) is 15.1. The molecule has 0 aliphatic rings. The molecule has 0 saturated carbocycles. The van der Waals surface area contributed by atoms with Gasteiger partial charge in [-0.15, -0.1) is 0 Å². The minimum Gasteiger partial charge on any atom is -0.345 e. The van der Waals surface area contributed by atoms with Gasteiger partial charge in [-0.3, -0.25) is 0 Å². The van der Waals surface area contributed by atoms with Gasteiger partial charge in [0.1, 0.15) is 0 Å². The highest BCUT2D eigenvalue weighted by Crippen LogP contribution is 2.16. The zero-order valence-corrected chi connectivity index (χ0v) is 11.6. The summed E-state index contributed by atoms with van der Waals surface area (Å²) in [6.45, 7) is 1.95. The number of fused-ring (bicyclic) bond motifs is 1. The van der Waals surface area contributed by atoms with E-state index < -0.39 is 0 Å². The van der Waals surface area contributed by atoms with Crippen molar-refractivity contribution in [3.63, 3.8) is 0 Å². The van der Waals surface area contributed by atoms with Crippen LogP contribution in [-0.4, -0.2) is 16.0 Å². The van der Waals surface area contributed by atoms with Crippen molar-refractivity contribution in [1.29, 1.82) is 0 Å². The molecule has 0 fully saturated rings. The van der Waals surface area contributed by atoms with Crippen LogP contribution in [0.4, 0.5) is 10.5 Å². The summed E-state index contributed by atoms with van der Waals surface area (Å²) in [7, 11) is 0. The first-order valence-electron chi connectivity index (χ1n) is 6.78. The zero-order valence-electron chi connectivity index (χ0n) is 11.6. The molecule has 0 saturated heterocycles. The van der Waals surface area contributed by atoms with Gasteiger partial charge in [0.2, 0.25) is 0 Å². The Morgan fingerprint density at radius 2 is 2.00 bits per heavy atom. The number of rotatable bonds is 3. The van der Waals surface area contributed by atoms with Crippen molar-refractivity contribution in [2.45, 2.75) is 13.0 Å². The maximum Gasteiger partial charge on any atom is 0.319 e. The standard InChI is InChI=1S/C16H16N4O/c1-11(12-5-3-2-4-6-12)19-16(21)20-13-7-8-14-15(9-13)18-10-17-14/h2-11H,1H3,(H,17,18)(H2,19,20,21). The Morgan fingerprint density at radius 1 is 1.19 bits per heavy atom. The molecule has 21 heavy (non-hydrogen) atoms. The van der Waals surface area contributed by atoms with Crippen molar-refractivity contribution < 1.29 is 4.79 Å². The SMILES string of the molecule is CC(NC(=O)Nc1ccc2nc[nH]c2c1)c1ccccc1. The van der Waals surface area contributed by atoms with Crippen LogP contribution in [0, 0.1) is 0 Å². The zero-order chi connectivity index (χ0) is 14.7. The van der Waals surface area contributed by atoms with Gasteiger partial charge < -0.3 is 15.6 Å². The van der Waals surface area contributed by atoms with E-state index in [9.17, 15) is 4.79 Å². The summed E-state index contributed by atoms with van der Waals surface area (Å²) in [5.74, 6) is 0. The average Bonchev–Trinajstić information content (AvgIpc) is 2.95. The fourth-order valence-electron chi connectivity index (χ4n) is 2.20. The highest BCUT2D eigenvalue weighted by Gasteiger charge is 2.09. The van der Waals surface area contributed by atoms with Crippen LogP contribution >= 0.6 is 0 Å². The van der Waals surface area contributed by atoms with Gasteiger partial charge in [-0.2, -0.15) is 0 Å². The van der Waals surface area contributed by atoms with E-state index in [1.54, 1.807) is 6.33 Å². The van der Waals surface area contributed by atoms with E-state index in [0.29, 0.717) is 0 Å². The molecule has 5 heteroatoms. The van der Waals surface area contributed by atoms with E-state index in [2.05, 4.69) is 20.6 Å². The molecule has 3 aromatic rings. The predicted molar refractivity (Wildman–Crippen MR) is 83.1 cm³/mol. The molecule has 106 valence electrons.